The summed E-state index contributed by atoms with van der Waals surface area (Å²) in [5.74, 6) is 0.703. The number of rotatable bonds is 4. The highest BCUT2D eigenvalue weighted by Gasteiger charge is 2.15. The first-order valence-electron chi connectivity index (χ1n) is 6.90. The molecule has 0 saturated carbocycles. The van der Waals surface area contributed by atoms with E-state index in [1.165, 1.54) is 24.0 Å². The summed E-state index contributed by atoms with van der Waals surface area (Å²) < 4.78 is 1.84. The van der Waals surface area contributed by atoms with Gasteiger partial charge in [-0.15, -0.1) is 10.2 Å². The molecule has 0 saturated heterocycles. The average Bonchev–Trinajstić information content (AvgIpc) is 2.91. The van der Waals surface area contributed by atoms with Crippen LogP contribution in [0.15, 0.2) is 46.7 Å². The van der Waals surface area contributed by atoms with Crippen molar-refractivity contribution in [2.45, 2.75) is 17.1 Å². The van der Waals surface area contributed by atoms with Crippen LogP contribution < -0.4 is 0 Å². The molecule has 0 aliphatic rings. The summed E-state index contributed by atoms with van der Waals surface area (Å²) in [6.45, 7) is 1.78. The van der Waals surface area contributed by atoms with Crippen molar-refractivity contribution < 1.29 is 4.92 Å². The third-order valence-corrected chi connectivity index (χ3v) is 4.76. The molecule has 2 aromatic heterocycles. The van der Waals surface area contributed by atoms with Gasteiger partial charge in [-0.25, -0.2) is 4.98 Å². The molecular formula is C15H12ClN5O2S. The highest BCUT2D eigenvalue weighted by molar-refractivity contribution is 7.99. The number of pyridine rings is 1. The maximum atomic E-state index is 10.8. The Morgan fingerprint density at radius 1 is 1.25 bits per heavy atom. The lowest BCUT2D eigenvalue weighted by atomic mass is 10.2. The third kappa shape index (κ3) is 3.24. The fourth-order valence-electron chi connectivity index (χ4n) is 2.09. The number of aromatic nitrogens is 4. The minimum absolute atomic E-state index is 0.0309. The van der Waals surface area contributed by atoms with E-state index in [9.17, 15) is 10.1 Å². The summed E-state index contributed by atoms with van der Waals surface area (Å²) in [5.41, 5.74) is 1.58. The normalized spacial score (nSPS) is 10.8. The number of halogens is 1. The number of benzene rings is 1. The van der Waals surface area contributed by atoms with Crippen LogP contribution in [-0.4, -0.2) is 24.7 Å². The summed E-state index contributed by atoms with van der Waals surface area (Å²) in [7, 11) is 1.85. The van der Waals surface area contributed by atoms with E-state index in [0.717, 1.165) is 5.56 Å². The average molecular weight is 362 g/mol. The molecule has 0 aliphatic heterocycles. The molecule has 3 aromatic rings. The minimum Gasteiger partial charge on any atom is -0.305 e. The van der Waals surface area contributed by atoms with Crippen LogP contribution >= 0.6 is 23.4 Å². The molecule has 0 N–H and O–H groups in total. The fraction of sp³-hybridized carbons (Fsp3) is 0.133. The van der Waals surface area contributed by atoms with Crippen molar-refractivity contribution in [2.75, 3.05) is 0 Å². The van der Waals surface area contributed by atoms with E-state index in [0.29, 0.717) is 26.6 Å². The van der Waals surface area contributed by atoms with Gasteiger partial charge in [-0.05, 0) is 48.5 Å². The van der Waals surface area contributed by atoms with E-state index in [1.54, 1.807) is 19.1 Å². The highest BCUT2D eigenvalue weighted by Crippen LogP contribution is 2.30. The van der Waals surface area contributed by atoms with Gasteiger partial charge < -0.3 is 4.57 Å². The first-order chi connectivity index (χ1) is 11.5. The van der Waals surface area contributed by atoms with Gasteiger partial charge in [0.15, 0.2) is 11.0 Å². The van der Waals surface area contributed by atoms with Crippen molar-refractivity contribution in [1.29, 1.82) is 0 Å². The Bertz CT molecular complexity index is 911. The topological polar surface area (TPSA) is 86.7 Å². The van der Waals surface area contributed by atoms with E-state index in [1.807, 2.05) is 23.7 Å². The van der Waals surface area contributed by atoms with Crippen LogP contribution in [0, 0.1) is 17.0 Å². The number of nitro groups is 1. The van der Waals surface area contributed by atoms with Crippen LogP contribution in [0.25, 0.3) is 11.4 Å². The lowest BCUT2D eigenvalue weighted by Crippen LogP contribution is -1.96. The smallest absolute Gasteiger partial charge is 0.287 e. The molecule has 7 nitrogen and oxygen atoms in total. The molecule has 24 heavy (non-hydrogen) atoms. The molecule has 9 heteroatoms. The van der Waals surface area contributed by atoms with Crippen molar-refractivity contribution in [1.82, 2.24) is 19.7 Å². The Kier molecular flexibility index (Phi) is 4.50. The van der Waals surface area contributed by atoms with Crippen LogP contribution in [0.3, 0.4) is 0 Å². The van der Waals surface area contributed by atoms with Gasteiger partial charge in [0.25, 0.3) is 5.69 Å². The quantitative estimate of drug-likeness (QED) is 0.517. The van der Waals surface area contributed by atoms with E-state index in [4.69, 9.17) is 11.6 Å². The largest absolute Gasteiger partial charge is 0.305 e. The Labute approximate surface area is 146 Å². The van der Waals surface area contributed by atoms with Crippen LogP contribution in [-0.2, 0) is 7.05 Å². The van der Waals surface area contributed by atoms with E-state index in [2.05, 4.69) is 15.2 Å². The van der Waals surface area contributed by atoms with Gasteiger partial charge in [0, 0.05) is 23.7 Å². The fourth-order valence-corrected chi connectivity index (χ4v) is 3.02. The molecule has 122 valence electrons. The molecule has 0 bridgehead atoms. The predicted octanol–water partition coefficient (Wildman–Crippen LogP) is 3.90. The van der Waals surface area contributed by atoms with Gasteiger partial charge in [0.05, 0.1) is 4.92 Å². The molecule has 2 heterocycles. The first kappa shape index (κ1) is 16.4. The Morgan fingerprint density at radius 3 is 2.58 bits per heavy atom. The van der Waals surface area contributed by atoms with Gasteiger partial charge >= 0.3 is 0 Å². The zero-order chi connectivity index (χ0) is 17.3. The minimum atomic E-state index is -0.463. The molecule has 0 fully saturated rings. The number of hydrogen-bond donors (Lipinski definition) is 0. The SMILES string of the molecule is Cc1cc([N+](=O)[O-])cnc1Sc1nnc(-c2ccc(Cl)cc2)n1C. The molecule has 0 amide bonds. The zero-order valence-corrected chi connectivity index (χ0v) is 14.4. The Hall–Kier alpha value is -2.45. The number of aryl methyl sites for hydroxylation is 1. The number of hydrogen-bond acceptors (Lipinski definition) is 6. The van der Waals surface area contributed by atoms with Crippen LogP contribution in [0.2, 0.25) is 5.02 Å². The molecule has 1 aromatic carbocycles. The summed E-state index contributed by atoms with van der Waals surface area (Å²) in [4.78, 5) is 14.5. The maximum absolute atomic E-state index is 10.8. The van der Waals surface area contributed by atoms with Crippen molar-refractivity contribution in [3.8, 4) is 11.4 Å². The molecule has 3 rings (SSSR count). The molecule has 0 unspecified atom stereocenters. The first-order valence-corrected chi connectivity index (χ1v) is 8.09. The summed E-state index contributed by atoms with van der Waals surface area (Å²) >= 11 is 7.21. The van der Waals surface area contributed by atoms with E-state index >= 15 is 0 Å². The van der Waals surface area contributed by atoms with E-state index in [-0.39, 0.29) is 5.69 Å². The third-order valence-electron chi connectivity index (χ3n) is 3.35. The van der Waals surface area contributed by atoms with Gasteiger partial charge in [-0.1, -0.05) is 11.6 Å². The molecule has 0 radical (unpaired) electrons. The molecule has 0 atom stereocenters. The van der Waals surface area contributed by atoms with Gasteiger partial charge in [-0.3, -0.25) is 10.1 Å². The summed E-state index contributed by atoms with van der Waals surface area (Å²) in [6, 6.07) is 8.82. The predicted molar refractivity (Wildman–Crippen MR) is 91.2 cm³/mol. The monoisotopic (exact) mass is 361 g/mol. The second kappa shape index (κ2) is 6.58. The van der Waals surface area contributed by atoms with Crippen LogP contribution in [0.4, 0.5) is 5.69 Å². The van der Waals surface area contributed by atoms with Crippen molar-refractivity contribution >= 4 is 29.1 Å². The van der Waals surface area contributed by atoms with Gasteiger partial charge in [0.2, 0.25) is 0 Å². The van der Waals surface area contributed by atoms with Crippen molar-refractivity contribution in [3.05, 3.63) is 57.2 Å². The molecular weight excluding hydrogens is 350 g/mol. The van der Waals surface area contributed by atoms with Crippen LogP contribution in [0.1, 0.15) is 5.56 Å². The lowest BCUT2D eigenvalue weighted by Gasteiger charge is -2.05. The molecule has 0 aliphatic carbocycles. The highest BCUT2D eigenvalue weighted by atomic mass is 35.5. The van der Waals surface area contributed by atoms with Gasteiger partial charge in [-0.2, -0.15) is 0 Å². The van der Waals surface area contributed by atoms with E-state index < -0.39 is 4.92 Å². The second-order valence-electron chi connectivity index (χ2n) is 5.05. The lowest BCUT2D eigenvalue weighted by molar-refractivity contribution is -0.385. The Balaban J connectivity index is 1.89. The maximum Gasteiger partial charge on any atom is 0.287 e. The van der Waals surface area contributed by atoms with Crippen molar-refractivity contribution in [3.63, 3.8) is 0 Å². The standard InChI is InChI=1S/C15H12ClN5O2S/c1-9-7-12(21(22)23)8-17-14(9)24-15-19-18-13(20(15)2)10-3-5-11(16)6-4-10/h3-8H,1-2H3. The second-order valence-corrected chi connectivity index (χ2v) is 6.44. The Morgan fingerprint density at radius 2 is 1.96 bits per heavy atom. The van der Waals surface area contributed by atoms with Gasteiger partial charge in [0.1, 0.15) is 11.2 Å². The van der Waals surface area contributed by atoms with Crippen molar-refractivity contribution in [2.24, 2.45) is 7.05 Å². The summed E-state index contributed by atoms with van der Waals surface area (Å²) in [6.07, 6.45) is 1.24. The summed E-state index contributed by atoms with van der Waals surface area (Å²) in [5, 5.41) is 21.1. The molecule has 0 spiro atoms. The van der Waals surface area contributed by atoms with Crippen LogP contribution in [0.5, 0.6) is 0 Å². The number of nitrogens with zero attached hydrogens (tertiary/aromatic N) is 5. The zero-order valence-electron chi connectivity index (χ0n) is 12.8.